The van der Waals surface area contributed by atoms with Crippen molar-refractivity contribution in [2.24, 2.45) is 0 Å². The van der Waals surface area contributed by atoms with Crippen LogP contribution in [0.4, 0.5) is 0 Å². The van der Waals surface area contributed by atoms with Gasteiger partial charge in [0, 0.05) is 39.8 Å². The first-order valence-corrected chi connectivity index (χ1v) is 8.43. The molecule has 1 atom stereocenters. The van der Waals surface area contributed by atoms with Gasteiger partial charge in [0.15, 0.2) is 0 Å². The van der Waals surface area contributed by atoms with E-state index in [2.05, 4.69) is 0 Å². The van der Waals surface area contributed by atoms with Crippen LogP contribution in [-0.4, -0.2) is 80.5 Å². The van der Waals surface area contributed by atoms with Gasteiger partial charge in [-0.05, 0) is 6.92 Å². The number of rotatable bonds is 5. The van der Waals surface area contributed by atoms with Crippen molar-refractivity contribution in [2.75, 3.05) is 46.0 Å². The Morgan fingerprint density at radius 3 is 2.35 bits per heavy atom. The fourth-order valence-electron chi connectivity index (χ4n) is 2.23. The second-order valence-corrected chi connectivity index (χ2v) is 7.02. The molecule has 1 aliphatic heterocycles. The minimum atomic E-state index is -3.15. The van der Waals surface area contributed by atoms with E-state index < -0.39 is 10.0 Å². The van der Waals surface area contributed by atoms with E-state index >= 15 is 0 Å². The molecule has 0 aromatic rings. The first kappa shape index (κ1) is 16.9. The average molecular weight is 302 g/mol. The molecule has 0 spiro atoms. The smallest absolute Gasteiger partial charge is 0.239 e. The molecule has 0 aliphatic carbocycles. The fraction of sp³-hybridized carbons (Fsp3) is 0.833. The summed E-state index contributed by atoms with van der Waals surface area (Å²) in [5, 5.41) is 8.53. The Balaban J connectivity index is 2.52. The van der Waals surface area contributed by atoms with Gasteiger partial charge < -0.3 is 4.90 Å². The van der Waals surface area contributed by atoms with Gasteiger partial charge in [-0.3, -0.25) is 9.69 Å². The number of hydrogen-bond donors (Lipinski definition) is 0. The van der Waals surface area contributed by atoms with Crippen molar-refractivity contribution in [1.29, 1.82) is 5.26 Å². The van der Waals surface area contributed by atoms with Crippen LogP contribution < -0.4 is 0 Å². The Kier molecular flexibility index (Phi) is 5.92. The van der Waals surface area contributed by atoms with Gasteiger partial charge in [-0.25, -0.2) is 8.42 Å². The lowest BCUT2D eigenvalue weighted by atomic mass is 10.2. The lowest BCUT2D eigenvalue weighted by Gasteiger charge is -2.37. The zero-order valence-electron chi connectivity index (χ0n) is 12.2. The molecule has 1 amide bonds. The van der Waals surface area contributed by atoms with Crippen LogP contribution in [0, 0.1) is 11.3 Å². The lowest BCUT2D eigenvalue weighted by molar-refractivity contribution is -0.135. The number of piperazine rings is 1. The highest BCUT2D eigenvalue weighted by Crippen LogP contribution is 2.10. The second kappa shape index (κ2) is 7.02. The van der Waals surface area contributed by atoms with Gasteiger partial charge >= 0.3 is 0 Å². The Bertz CT molecular complexity index is 477. The zero-order valence-corrected chi connectivity index (χ0v) is 13.1. The number of nitriles is 1. The number of carbonyl (C=O) groups excluding carboxylic acids is 1. The summed E-state index contributed by atoms with van der Waals surface area (Å²) in [7, 11) is -1.46. The molecule has 0 bridgehead atoms. The van der Waals surface area contributed by atoms with E-state index in [1.54, 1.807) is 11.9 Å². The molecule has 0 aromatic carbocycles. The molecule has 1 unspecified atom stereocenters. The first-order chi connectivity index (χ1) is 9.27. The van der Waals surface area contributed by atoms with Crippen LogP contribution in [0.25, 0.3) is 0 Å². The number of hydrogen-bond acceptors (Lipinski definition) is 5. The van der Waals surface area contributed by atoms with Crippen LogP contribution in [-0.2, 0) is 14.8 Å². The van der Waals surface area contributed by atoms with Gasteiger partial charge in [0.05, 0.1) is 24.8 Å². The average Bonchev–Trinajstić information content (AvgIpc) is 2.42. The first-order valence-electron chi connectivity index (χ1n) is 6.58. The number of amides is 1. The van der Waals surface area contributed by atoms with Gasteiger partial charge in [-0.2, -0.15) is 9.57 Å². The molecule has 7 nitrogen and oxygen atoms in total. The number of sulfonamides is 1. The third-order valence-electron chi connectivity index (χ3n) is 3.58. The summed E-state index contributed by atoms with van der Waals surface area (Å²) < 4.78 is 24.3. The quantitative estimate of drug-likeness (QED) is 0.672. The van der Waals surface area contributed by atoms with E-state index in [1.807, 2.05) is 17.9 Å². The van der Waals surface area contributed by atoms with Gasteiger partial charge in [0.25, 0.3) is 0 Å². The number of likely N-dealkylation sites (N-methyl/N-ethyl adjacent to an activating group) is 1. The molecular weight excluding hydrogens is 280 g/mol. The van der Waals surface area contributed by atoms with Crippen molar-refractivity contribution >= 4 is 15.9 Å². The summed E-state index contributed by atoms with van der Waals surface area (Å²) >= 11 is 0. The highest BCUT2D eigenvalue weighted by atomic mass is 32.2. The van der Waals surface area contributed by atoms with Gasteiger partial charge in [-0.15, -0.1) is 0 Å². The van der Waals surface area contributed by atoms with Crippen LogP contribution >= 0.6 is 0 Å². The maximum atomic E-state index is 12.2. The van der Waals surface area contributed by atoms with E-state index in [0.29, 0.717) is 39.1 Å². The highest BCUT2D eigenvalue weighted by Gasteiger charge is 2.29. The molecule has 1 heterocycles. The molecule has 20 heavy (non-hydrogen) atoms. The highest BCUT2D eigenvalue weighted by molar-refractivity contribution is 7.88. The minimum Gasteiger partial charge on any atom is -0.343 e. The summed E-state index contributed by atoms with van der Waals surface area (Å²) in [5.41, 5.74) is 0. The molecule has 1 aliphatic rings. The third kappa shape index (κ3) is 4.44. The van der Waals surface area contributed by atoms with E-state index in [0.717, 1.165) is 0 Å². The van der Waals surface area contributed by atoms with Gasteiger partial charge in [0.1, 0.15) is 0 Å². The largest absolute Gasteiger partial charge is 0.343 e. The summed E-state index contributed by atoms with van der Waals surface area (Å²) in [6.45, 7) is 4.17. The van der Waals surface area contributed by atoms with Gasteiger partial charge in [0.2, 0.25) is 15.9 Å². The Morgan fingerprint density at radius 2 is 1.90 bits per heavy atom. The zero-order chi connectivity index (χ0) is 15.3. The van der Waals surface area contributed by atoms with Crippen LogP contribution in [0.3, 0.4) is 0 Å². The summed E-state index contributed by atoms with van der Waals surface area (Å²) in [6, 6.07) is 1.72. The van der Waals surface area contributed by atoms with Crippen molar-refractivity contribution in [3.63, 3.8) is 0 Å². The normalized spacial score (nSPS) is 19.3. The molecule has 114 valence electrons. The molecule has 0 radical (unpaired) electrons. The number of nitrogens with zero attached hydrogens (tertiary/aromatic N) is 4. The van der Waals surface area contributed by atoms with E-state index in [-0.39, 0.29) is 11.9 Å². The molecule has 1 fully saturated rings. The van der Waals surface area contributed by atoms with Crippen LogP contribution in [0.1, 0.15) is 13.3 Å². The van der Waals surface area contributed by atoms with Crippen LogP contribution in [0.15, 0.2) is 0 Å². The predicted octanol–water partition coefficient (Wildman–Crippen LogP) is -0.676. The van der Waals surface area contributed by atoms with E-state index in [1.165, 1.54) is 10.6 Å². The van der Waals surface area contributed by atoms with Crippen molar-refractivity contribution in [2.45, 2.75) is 19.4 Å². The number of carbonyl (C=O) groups is 1. The monoisotopic (exact) mass is 302 g/mol. The maximum absolute atomic E-state index is 12.2. The Hall–Kier alpha value is -1.17. The second-order valence-electron chi connectivity index (χ2n) is 5.04. The molecule has 8 heteroatoms. The van der Waals surface area contributed by atoms with Crippen LogP contribution in [0.5, 0.6) is 0 Å². The summed E-state index contributed by atoms with van der Waals surface area (Å²) in [5.74, 6) is -0.0342. The fourth-order valence-corrected chi connectivity index (χ4v) is 3.05. The third-order valence-corrected chi connectivity index (χ3v) is 4.89. The van der Waals surface area contributed by atoms with Crippen molar-refractivity contribution in [3.8, 4) is 6.07 Å². The molecular formula is C12H22N4O3S. The van der Waals surface area contributed by atoms with Crippen molar-refractivity contribution in [1.82, 2.24) is 14.1 Å². The molecule has 1 rings (SSSR count). The molecule has 1 saturated heterocycles. The Labute approximate surface area is 120 Å². The van der Waals surface area contributed by atoms with Crippen molar-refractivity contribution in [3.05, 3.63) is 0 Å². The van der Waals surface area contributed by atoms with E-state index in [4.69, 9.17) is 5.26 Å². The summed E-state index contributed by atoms with van der Waals surface area (Å²) in [4.78, 5) is 15.7. The predicted molar refractivity (Wildman–Crippen MR) is 75.3 cm³/mol. The molecule has 0 saturated carbocycles. The molecule has 0 aromatic heterocycles. The SMILES string of the molecule is CC(C(=O)N(C)CCC#N)N1CCN(S(C)(=O)=O)CC1. The van der Waals surface area contributed by atoms with Crippen molar-refractivity contribution < 1.29 is 13.2 Å². The molecule has 0 N–H and O–H groups in total. The minimum absolute atomic E-state index is 0.0342. The lowest BCUT2D eigenvalue weighted by Crippen LogP contribution is -2.55. The van der Waals surface area contributed by atoms with Gasteiger partial charge in [-0.1, -0.05) is 0 Å². The van der Waals surface area contributed by atoms with Crippen LogP contribution in [0.2, 0.25) is 0 Å². The Morgan fingerprint density at radius 1 is 1.35 bits per heavy atom. The maximum Gasteiger partial charge on any atom is 0.239 e. The summed E-state index contributed by atoms with van der Waals surface area (Å²) in [6.07, 6.45) is 1.52. The topological polar surface area (TPSA) is 84.7 Å². The standard InChI is InChI=1S/C12H22N4O3S/c1-11(12(17)14(2)6-4-5-13)15-7-9-16(10-8-15)20(3,18)19/h11H,4,6-10H2,1-3H3. The van der Waals surface area contributed by atoms with E-state index in [9.17, 15) is 13.2 Å².